The third kappa shape index (κ3) is 3.74. The topological polar surface area (TPSA) is 52.2 Å². The van der Waals surface area contributed by atoms with Crippen molar-refractivity contribution < 1.29 is 4.79 Å². The van der Waals surface area contributed by atoms with Gasteiger partial charge in [-0.3, -0.25) is 9.89 Å². The molecule has 0 aliphatic heterocycles. The number of aromatic amines is 1. The molecular weight excluding hydrogens is 276 g/mol. The maximum atomic E-state index is 12.7. The van der Waals surface area contributed by atoms with Gasteiger partial charge < -0.3 is 9.80 Å². The van der Waals surface area contributed by atoms with Gasteiger partial charge in [-0.2, -0.15) is 5.10 Å². The number of likely N-dealkylation sites (N-methyl/N-ethyl adjacent to an activating group) is 2. The highest BCUT2D eigenvalue weighted by Crippen LogP contribution is 2.21. The summed E-state index contributed by atoms with van der Waals surface area (Å²) in [7, 11) is 5.86. The molecule has 1 aromatic heterocycles. The quantitative estimate of drug-likeness (QED) is 0.891. The molecule has 0 unspecified atom stereocenters. The predicted molar refractivity (Wildman–Crippen MR) is 87.8 cm³/mol. The van der Waals surface area contributed by atoms with Crippen LogP contribution in [0.2, 0.25) is 0 Å². The van der Waals surface area contributed by atoms with Gasteiger partial charge in [-0.1, -0.05) is 37.3 Å². The molecule has 1 atom stereocenters. The lowest BCUT2D eigenvalue weighted by atomic mass is 10.0. The van der Waals surface area contributed by atoms with Crippen LogP contribution in [0.4, 0.5) is 0 Å². The number of hydrogen-bond acceptors (Lipinski definition) is 3. The van der Waals surface area contributed by atoms with Crippen LogP contribution < -0.4 is 0 Å². The number of amides is 1. The highest BCUT2D eigenvalue weighted by atomic mass is 16.2. The minimum Gasteiger partial charge on any atom is -0.332 e. The molecule has 1 amide bonds. The van der Waals surface area contributed by atoms with Gasteiger partial charge in [-0.15, -0.1) is 0 Å². The zero-order valence-electron chi connectivity index (χ0n) is 13.7. The molecule has 0 spiro atoms. The van der Waals surface area contributed by atoms with Crippen molar-refractivity contribution in [2.75, 3.05) is 27.7 Å². The van der Waals surface area contributed by atoms with Crippen molar-refractivity contribution in [2.24, 2.45) is 0 Å². The summed E-state index contributed by atoms with van der Waals surface area (Å²) in [5, 5.41) is 7.04. The Morgan fingerprint density at radius 2 is 1.91 bits per heavy atom. The molecule has 5 heteroatoms. The van der Waals surface area contributed by atoms with Crippen LogP contribution in [0.5, 0.6) is 0 Å². The van der Waals surface area contributed by atoms with E-state index in [9.17, 15) is 4.79 Å². The highest BCUT2D eigenvalue weighted by Gasteiger charge is 2.24. The van der Waals surface area contributed by atoms with Crippen molar-refractivity contribution in [3.8, 4) is 0 Å². The van der Waals surface area contributed by atoms with Crippen LogP contribution in [0, 0.1) is 0 Å². The zero-order valence-corrected chi connectivity index (χ0v) is 13.7. The maximum absolute atomic E-state index is 12.7. The summed E-state index contributed by atoms with van der Waals surface area (Å²) in [5.74, 6) is -0.0633. The molecule has 2 rings (SSSR count). The summed E-state index contributed by atoms with van der Waals surface area (Å²) in [5.41, 5.74) is 2.57. The minimum absolute atomic E-state index is 0.00882. The standard InChI is InChI=1S/C17H24N4O/c1-5-14-11-15(19-18-14)17(22)21(4)16(12-20(2)3)13-9-7-6-8-10-13/h6-11,16H,5,12H2,1-4H3,(H,18,19)/t16-/m1/s1. The molecule has 0 aliphatic carbocycles. The van der Waals surface area contributed by atoms with E-state index < -0.39 is 0 Å². The molecule has 0 bridgehead atoms. The van der Waals surface area contributed by atoms with Crippen LogP contribution in [0.25, 0.3) is 0 Å². The van der Waals surface area contributed by atoms with E-state index >= 15 is 0 Å². The number of aromatic nitrogens is 2. The normalized spacial score (nSPS) is 12.4. The molecule has 0 aliphatic rings. The monoisotopic (exact) mass is 300 g/mol. The lowest BCUT2D eigenvalue weighted by molar-refractivity contribution is 0.0699. The summed E-state index contributed by atoms with van der Waals surface area (Å²) in [4.78, 5) is 16.6. The molecular formula is C17H24N4O. The van der Waals surface area contributed by atoms with Gasteiger partial charge >= 0.3 is 0 Å². The molecule has 22 heavy (non-hydrogen) atoms. The number of carbonyl (C=O) groups excluding carboxylic acids is 1. The SMILES string of the molecule is CCc1cc(C(=O)N(C)[C@H](CN(C)C)c2ccccc2)n[nH]1. The summed E-state index contributed by atoms with van der Waals surface area (Å²) >= 11 is 0. The Hall–Kier alpha value is -2.14. The highest BCUT2D eigenvalue weighted by molar-refractivity contribution is 5.92. The second kappa shape index (κ2) is 7.22. The van der Waals surface area contributed by atoms with Gasteiger partial charge in [0.15, 0.2) is 0 Å². The number of rotatable bonds is 6. The Morgan fingerprint density at radius 3 is 2.45 bits per heavy atom. The number of carbonyl (C=O) groups is 1. The smallest absolute Gasteiger partial charge is 0.274 e. The third-order valence-corrected chi connectivity index (χ3v) is 3.74. The van der Waals surface area contributed by atoms with E-state index in [4.69, 9.17) is 0 Å². The van der Waals surface area contributed by atoms with E-state index in [0.717, 1.165) is 24.2 Å². The fourth-order valence-electron chi connectivity index (χ4n) is 2.45. The van der Waals surface area contributed by atoms with Crippen LogP contribution >= 0.6 is 0 Å². The third-order valence-electron chi connectivity index (χ3n) is 3.74. The molecule has 1 aromatic carbocycles. The molecule has 2 aromatic rings. The van der Waals surface area contributed by atoms with Crippen LogP contribution in [-0.4, -0.2) is 53.6 Å². The summed E-state index contributed by atoms with van der Waals surface area (Å²) in [6.45, 7) is 2.79. The molecule has 118 valence electrons. The molecule has 1 N–H and O–H groups in total. The fourth-order valence-corrected chi connectivity index (χ4v) is 2.45. The zero-order chi connectivity index (χ0) is 16.1. The Balaban J connectivity index is 2.24. The minimum atomic E-state index is -0.0633. The second-order valence-corrected chi connectivity index (χ2v) is 5.74. The largest absolute Gasteiger partial charge is 0.332 e. The van der Waals surface area contributed by atoms with E-state index in [-0.39, 0.29) is 11.9 Å². The average Bonchev–Trinajstić information content (AvgIpc) is 3.01. The van der Waals surface area contributed by atoms with Crippen LogP contribution in [0.15, 0.2) is 36.4 Å². The summed E-state index contributed by atoms with van der Waals surface area (Å²) in [6.07, 6.45) is 0.837. The van der Waals surface area contributed by atoms with Crippen LogP contribution in [0.3, 0.4) is 0 Å². The van der Waals surface area contributed by atoms with E-state index in [2.05, 4.69) is 27.2 Å². The average molecular weight is 300 g/mol. The number of H-pyrrole nitrogens is 1. The molecule has 5 nitrogen and oxygen atoms in total. The van der Waals surface area contributed by atoms with Crippen molar-refractivity contribution in [3.05, 3.63) is 53.3 Å². The van der Waals surface area contributed by atoms with Gasteiger partial charge in [0.1, 0.15) is 5.69 Å². The van der Waals surface area contributed by atoms with Crippen molar-refractivity contribution in [1.82, 2.24) is 20.0 Å². The number of nitrogens with one attached hydrogen (secondary N) is 1. The van der Waals surface area contributed by atoms with Crippen molar-refractivity contribution in [3.63, 3.8) is 0 Å². The van der Waals surface area contributed by atoms with Crippen molar-refractivity contribution >= 4 is 5.91 Å². The van der Waals surface area contributed by atoms with Crippen molar-refractivity contribution in [2.45, 2.75) is 19.4 Å². The molecule has 0 saturated heterocycles. The first-order valence-corrected chi connectivity index (χ1v) is 7.54. The lowest BCUT2D eigenvalue weighted by Crippen LogP contribution is -2.37. The van der Waals surface area contributed by atoms with Gasteiger partial charge in [-0.05, 0) is 32.1 Å². The summed E-state index contributed by atoms with van der Waals surface area (Å²) < 4.78 is 0. The van der Waals surface area contributed by atoms with Crippen LogP contribution in [0.1, 0.15) is 34.7 Å². The summed E-state index contributed by atoms with van der Waals surface area (Å²) in [6, 6.07) is 11.9. The predicted octanol–water partition coefficient (Wildman–Crippen LogP) is 2.35. The van der Waals surface area contributed by atoms with Crippen molar-refractivity contribution in [1.29, 1.82) is 0 Å². The molecule has 0 fully saturated rings. The number of aryl methyl sites for hydroxylation is 1. The van der Waals surface area contributed by atoms with Gasteiger partial charge in [-0.25, -0.2) is 0 Å². The van der Waals surface area contributed by atoms with Crippen LogP contribution in [-0.2, 0) is 6.42 Å². The Morgan fingerprint density at radius 1 is 1.23 bits per heavy atom. The van der Waals surface area contributed by atoms with Gasteiger partial charge in [0.25, 0.3) is 5.91 Å². The molecule has 0 radical (unpaired) electrons. The van der Waals surface area contributed by atoms with E-state index in [0.29, 0.717) is 5.69 Å². The fraction of sp³-hybridized carbons (Fsp3) is 0.412. The van der Waals surface area contributed by atoms with Gasteiger partial charge in [0.05, 0.1) is 6.04 Å². The molecule has 0 saturated carbocycles. The first-order valence-electron chi connectivity index (χ1n) is 7.54. The lowest BCUT2D eigenvalue weighted by Gasteiger charge is -2.30. The van der Waals surface area contributed by atoms with E-state index in [1.807, 2.05) is 52.3 Å². The van der Waals surface area contributed by atoms with Gasteiger partial charge in [0, 0.05) is 19.3 Å². The molecule has 1 heterocycles. The van der Waals surface area contributed by atoms with E-state index in [1.54, 1.807) is 4.90 Å². The number of hydrogen-bond donors (Lipinski definition) is 1. The Labute approximate surface area is 131 Å². The van der Waals surface area contributed by atoms with E-state index in [1.165, 1.54) is 0 Å². The first kappa shape index (κ1) is 16.2. The number of nitrogens with zero attached hydrogens (tertiary/aromatic N) is 3. The Bertz CT molecular complexity index is 606. The first-order chi connectivity index (χ1) is 10.5. The van der Waals surface area contributed by atoms with Gasteiger partial charge in [0.2, 0.25) is 0 Å². The second-order valence-electron chi connectivity index (χ2n) is 5.74. The number of benzene rings is 1. The Kier molecular flexibility index (Phi) is 5.33. The maximum Gasteiger partial charge on any atom is 0.274 e.